The van der Waals surface area contributed by atoms with E-state index in [-0.39, 0.29) is 16.1 Å². The predicted octanol–water partition coefficient (Wildman–Crippen LogP) is 4.88. The van der Waals surface area contributed by atoms with Gasteiger partial charge in [0.25, 0.3) is 0 Å². The highest BCUT2D eigenvalue weighted by atomic mass is 35.5. The number of halogens is 4. The summed E-state index contributed by atoms with van der Waals surface area (Å²) >= 11 is 6.16. The van der Waals surface area contributed by atoms with Crippen LogP contribution in [0.4, 0.5) is 18.9 Å². The molecule has 0 unspecified atom stereocenters. The van der Waals surface area contributed by atoms with Crippen LogP contribution in [0.25, 0.3) is 0 Å². The molecular weight excluding hydrogens is 289 g/mol. The van der Waals surface area contributed by atoms with Gasteiger partial charge in [-0.3, -0.25) is 0 Å². The highest BCUT2D eigenvalue weighted by Crippen LogP contribution is 2.44. The summed E-state index contributed by atoms with van der Waals surface area (Å²) in [5.41, 5.74) is -0.782. The third kappa shape index (κ3) is 3.88. The molecule has 1 rings (SSSR count). The number of nitrogens with zero attached hydrogens (tertiary/aromatic N) is 2. The van der Waals surface area contributed by atoms with Gasteiger partial charge < -0.3 is 4.90 Å². The van der Waals surface area contributed by atoms with Crippen molar-refractivity contribution < 1.29 is 13.2 Å². The van der Waals surface area contributed by atoms with Crippen LogP contribution in [-0.4, -0.2) is 25.3 Å². The van der Waals surface area contributed by atoms with Crippen LogP contribution in [0.3, 0.4) is 0 Å². The summed E-state index contributed by atoms with van der Waals surface area (Å²) in [5.74, 6) is 0. The molecule has 112 valence electrons. The van der Waals surface area contributed by atoms with Crippen LogP contribution in [0.5, 0.6) is 0 Å². The van der Waals surface area contributed by atoms with Crippen molar-refractivity contribution in [2.45, 2.75) is 32.4 Å². The van der Waals surface area contributed by atoms with E-state index in [9.17, 15) is 13.2 Å². The average Bonchev–Trinajstić information content (AvgIpc) is 2.23. The van der Waals surface area contributed by atoms with Crippen LogP contribution in [-0.2, 0) is 11.6 Å². The lowest BCUT2D eigenvalue weighted by Gasteiger charge is -2.23. The van der Waals surface area contributed by atoms with Crippen molar-refractivity contribution in [3.63, 3.8) is 0 Å². The van der Waals surface area contributed by atoms with Gasteiger partial charge in [0.05, 0.1) is 22.6 Å². The molecule has 0 aliphatic carbocycles. The maximum atomic E-state index is 13.0. The fourth-order valence-electron chi connectivity index (χ4n) is 1.67. The molecule has 0 bridgehead atoms. The Hall–Kier alpha value is -1.23. The summed E-state index contributed by atoms with van der Waals surface area (Å²) in [4.78, 5) is 5.45. The summed E-state index contributed by atoms with van der Waals surface area (Å²) in [5, 5.41) is 0.0467. The normalized spacial score (nSPS) is 13.1. The minimum absolute atomic E-state index is 0.0467. The monoisotopic (exact) mass is 306 g/mol. The van der Waals surface area contributed by atoms with Gasteiger partial charge in [0.1, 0.15) is 0 Å². The minimum Gasteiger partial charge on any atom is -0.369 e. The van der Waals surface area contributed by atoms with E-state index in [2.05, 4.69) is 4.99 Å². The first kappa shape index (κ1) is 16.8. The molecule has 6 heteroatoms. The first-order valence-corrected chi connectivity index (χ1v) is 6.43. The van der Waals surface area contributed by atoms with Crippen LogP contribution < -0.4 is 0 Å². The van der Waals surface area contributed by atoms with E-state index in [4.69, 9.17) is 11.6 Å². The third-order valence-corrected chi connectivity index (χ3v) is 3.03. The van der Waals surface area contributed by atoms with Crippen molar-refractivity contribution in [1.29, 1.82) is 0 Å². The van der Waals surface area contributed by atoms with Gasteiger partial charge in [-0.15, -0.1) is 0 Å². The maximum absolute atomic E-state index is 13.0. The largest absolute Gasteiger partial charge is 0.418 e. The molecule has 0 spiro atoms. The molecule has 2 nitrogen and oxygen atoms in total. The zero-order chi connectivity index (χ0) is 15.7. The van der Waals surface area contributed by atoms with E-state index in [0.29, 0.717) is 5.56 Å². The zero-order valence-corrected chi connectivity index (χ0v) is 12.9. The van der Waals surface area contributed by atoms with Crippen LogP contribution in [0.15, 0.2) is 17.1 Å². The summed E-state index contributed by atoms with van der Waals surface area (Å²) in [7, 11) is 3.36. The Kier molecular flexibility index (Phi) is 4.74. The standard InChI is InChI=1S/C14H18ClF3N2/c1-13(2,3)9-6-7-10(14(16,17)18)12(11(9)15)19-8-20(4)5/h6-8H,1-5H3/b19-8+. The van der Waals surface area contributed by atoms with E-state index in [1.807, 2.05) is 20.8 Å². The van der Waals surface area contributed by atoms with Crippen molar-refractivity contribution in [2.75, 3.05) is 14.1 Å². The third-order valence-electron chi connectivity index (χ3n) is 2.65. The highest BCUT2D eigenvalue weighted by Gasteiger charge is 2.36. The molecule has 0 radical (unpaired) electrons. The Bertz CT molecular complexity index is 514. The van der Waals surface area contributed by atoms with E-state index in [1.54, 1.807) is 19.0 Å². The van der Waals surface area contributed by atoms with E-state index in [0.717, 1.165) is 6.07 Å². The SMILES string of the molecule is CN(C)/C=N/c1c(C(F)(F)F)ccc(C(C)(C)C)c1Cl. The van der Waals surface area contributed by atoms with Crippen LogP contribution in [0.1, 0.15) is 31.9 Å². The van der Waals surface area contributed by atoms with Crippen molar-refractivity contribution in [2.24, 2.45) is 4.99 Å². The van der Waals surface area contributed by atoms with E-state index < -0.39 is 11.7 Å². The number of alkyl halides is 3. The molecule has 0 aliphatic rings. The number of hydrogen-bond donors (Lipinski definition) is 0. The predicted molar refractivity (Wildman–Crippen MR) is 77.0 cm³/mol. The molecule has 0 saturated carbocycles. The van der Waals surface area contributed by atoms with E-state index >= 15 is 0 Å². The van der Waals surface area contributed by atoms with Gasteiger partial charge in [0.15, 0.2) is 0 Å². The van der Waals surface area contributed by atoms with Gasteiger partial charge in [-0.1, -0.05) is 38.4 Å². The lowest BCUT2D eigenvalue weighted by Crippen LogP contribution is -2.14. The Morgan fingerprint density at radius 1 is 1.10 bits per heavy atom. The number of rotatable bonds is 2. The molecule has 0 aliphatic heterocycles. The van der Waals surface area contributed by atoms with Crippen LogP contribution in [0.2, 0.25) is 5.02 Å². The van der Waals surface area contributed by atoms with Gasteiger partial charge in [-0.2, -0.15) is 13.2 Å². The van der Waals surface area contributed by atoms with Crippen molar-refractivity contribution in [3.05, 3.63) is 28.3 Å². The van der Waals surface area contributed by atoms with E-state index in [1.165, 1.54) is 12.4 Å². The second kappa shape index (κ2) is 5.64. The second-order valence-corrected chi connectivity index (χ2v) is 6.16. The van der Waals surface area contributed by atoms with Gasteiger partial charge in [-0.25, -0.2) is 4.99 Å². The van der Waals surface area contributed by atoms with Crippen LogP contribution >= 0.6 is 11.6 Å². The molecule has 0 N–H and O–H groups in total. The fraction of sp³-hybridized carbons (Fsp3) is 0.500. The van der Waals surface area contributed by atoms with Gasteiger partial charge >= 0.3 is 6.18 Å². The summed E-state index contributed by atoms with van der Waals surface area (Å²) in [6.45, 7) is 5.67. The molecule has 0 saturated heterocycles. The molecule has 1 aromatic rings. The molecular formula is C14H18ClF3N2. The molecule has 0 atom stereocenters. The highest BCUT2D eigenvalue weighted by molar-refractivity contribution is 6.34. The topological polar surface area (TPSA) is 15.6 Å². The molecule has 0 heterocycles. The Morgan fingerprint density at radius 2 is 1.60 bits per heavy atom. The first-order valence-electron chi connectivity index (χ1n) is 6.05. The van der Waals surface area contributed by atoms with Crippen molar-refractivity contribution in [1.82, 2.24) is 4.90 Å². The summed E-state index contributed by atoms with van der Waals surface area (Å²) in [6, 6.07) is 2.45. The first-order chi connectivity index (χ1) is 8.94. The molecule has 0 fully saturated rings. The van der Waals surface area contributed by atoms with Crippen molar-refractivity contribution >= 4 is 23.6 Å². The molecule has 0 aromatic heterocycles. The molecule has 1 aromatic carbocycles. The molecule has 20 heavy (non-hydrogen) atoms. The lowest BCUT2D eigenvalue weighted by molar-refractivity contribution is -0.137. The minimum atomic E-state index is -4.49. The van der Waals surface area contributed by atoms with Gasteiger partial charge in [0.2, 0.25) is 0 Å². The summed E-state index contributed by atoms with van der Waals surface area (Å²) < 4.78 is 39.1. The van der Waals surface area contributed by atoms with Crippen LogP contribution in [0, 0.1) is 0 Å². The summed E-state index contributed by atoms with van der Waals surface area (Å²) in [6.07, 6.45) is -3.18. The average molecular weight is 307 g/mol. The number of aliphatic imine (C=N–C) groups is 1. The number of hydrogen-bond acceptors (Lipinski definition) is 1. The van der Waals surface area contributed by atoms with Crippen molar-refractivity contribution in [3.8, 4) is 0 Å². The van der Waals surface area contributed by atoms with Gasteiger partial charge in [-0.05, 0) is 17.0 Å². The Balaban J connectivity index is 3.55. The second-order valence-electron chi connectivity index (χ2n) is 5.78. The Labute approximate surface area is 122 Å². The smallest absolute Gasteiger partial charge is 0.369 e. The fourth-order valence-corrected chi connectivity index (χ4v) is 2.17. The lowest BCUT2D eigenvalue weighted by atomic mass is 9.86. The quantitative estimate of drug-likeness (QED) is 0.562. The van der Waals surface area contributed by atoms with Gasteiger partial charge in [0, 0.05) is 14.1 Å². The zero-order valence-electron chi connectivity index (χ0n) is 12.1. The number of benzene rings is 1. The molecule has 0 amide bonds. The Morgan fingerprint density at radius 3 is 2.00 bits per heavy atom. The maximum Gasteiger partial charge on any atom is 0.418 e.